The molecule has 0 spiro atoms. The summed E-state index contributed by atoms with van der Waals surface area (Å²) in [7, 11) is 0. The highest BCUT2D eigenvalue weighted by Crippen LogP contribution is 2.25. The van der Waals surface area contributed by atoms with Gasteiger partial charge in [-0.1, -0.05) is 6.42 Å². The van der Waals surface area contributed by atoms with Gasteiger partial charge in [0.1, 0.15) is 11.5 Å². The molecule has 0 bridgehead atoms. The average molecular weight is 206 g/mol. The first-order valence-electron chi connectivity index (χ1n) is 5.31. The molecule has 15 heavy (non-hydrogen) atoms. The Morgan fingerprint density at radius 2 is 2.27 bits per heavy atom. The number of furan rings is 1. The second kappa shape index (κ2) is 4.01. The smallest absolute Gasteiger partial charge is 0.176 e. The van der Waals surface area contributed by atoms with Crippen LogP contribution in [-0.4, -0.2) is 11.6 Å². The van der Waals surface area contributed by atoms with Gasteiger partial charge in [0.25, 0.3) is 0 Å². The summed E-state index contributed by atoms with van der Waals surface area (Å²) in [4.78, 5) is 23.6. The number of carbonyl (C=O) groups excluding carboxylic acids is 2. The van der Waals surface area contributed by atoms with Crippen LogP contribution in [0.2, 0.25) is 0 Å². The number of aryl methyl sites for hydroxylation is 1. The van der Waals surface area contributed by atoms with Crippen LogP contribution in [0.1, 0.15) is 41.8 Å². The molecule has 0 aromatic carbocycles. The maximum Gasteiger partial charge on any atom is 0.176 e. The molecule has 3 heteroatoms. The number of rotatable bonds is 2. The normalized spacial score (nSPS) is 21.7. The molecule has 2 rings (SSSR count). The van der Waals surface area contributed by atoms with Crippen LogP contribution in [0, 0.1) is 12.8 Å². The fraction of sp³-hybridized carbons (Fsp3) is 0.500. The Kier molecular flexibility index (Phi) is 2.71. The quantitative estimate of drug-likeness (QED) is 0.551. The number of Topliss-reactive ketones (excluding diaryl/α,β-unsaturated/α-hetero) is 2. The van der Waals surface area contributed by atoms with Crippen molar-refractivity contribution in [3.8, 4) is 0 Å². The molecule has 0 amide bonds. The zero-order valence-corrected chi connectivity index (χ0v) is 8.79. The maximum atomic E-state index is 12.0. The molecule has 0 N–H and O–H groups in total. The van der Waals surface area contributed by atoms with E-state index in [9.17, 15) is 9.59 Å². The lowest BCUT2D eigenvalue weighted by atomic mass is 9.83. The third-order valence-electron chi connectivity index (χ3n) is 3.00. The van der Waals surface area contributed by atoms with Crippen molar-refractivity contribution in [1.82, 2.24) is 0 Å². The predicted octanol–water partition coefficient (Wildman–Crippen LogP) is 2.53. The topological polar surface area (TPSA) is 47.3 Å². The maximum absolute atomic E-state index is 12.0. The molecule has 1 heterocycles. The standard InChI is InChI=1S/C12H14O3/c1-8-9(6-7-15-8)12(14)10-4-2-3-5-11(10)13/h6-7,10H,2-5H2,1H3. The average Bonchev–Trinajstić information content (AvgIpc) is 2.64. The summed E-state index contributed by atoms with van der Waals surface area (Å²) in [5.41, 5.74) is 0.565. The molecule has 1 saturated carbocycles. The van der Waals surface area contributed by atoms with Crippen molar-refractivity contribution >= 4 is 11.6 Å². The van der Waals surface area contributed by atoms with Gasteiger partial charge in [-0.3, -0.25) is 9.59 Å². The molecule has 1 unspecified atom stereocenters. The molecular weight excluding hydrogens is 192 g/mol. The molecule has 1 aliphatic carbocycles. The van der Waals surface area contributed by atoms with Crippen LogP contribution in [0.15, 0.2) is 16.7 Å². The van der Waals surface area contributed by atoms with Gasteiger partial charge in [0.2, 0.25) is 0 Å². The fourth-order valence-corrected chi connectivity index (χ4v) is 2.09. The van der Waals surface area contributed by atoms with Crippen molar-refractivity contribution < 1.29 is 14.0 Å². The minimum Gasteiger partial charge on any atom is -0.469 e. The van der Waals surface area contributed by atoms with Crippen LogP contribution < -0.4 is 0 Å². The summed E-state index contributed by atoms with van der Waals surface area (Å²) in [6, 6.07) is 1.65. The van der Waals surface area contributed by atoms with Gasteiger partial charge >= 0.3 is 0 Å². The van der Waals surface area contributed by atoms with Crippen molar-refractivity contribution in [2.45, 2.75) is 32.6 Å². The second-order valence-electron chi connectivity index (χ2n) is 4.02. The molecule has 1 aliphatic rings. The monoisotopic (exact) mass is 206 g/mol. The Morgan fingerprint density at radius 1 is 1.47 bits per heavy atom. The molecule has 0 saturated heterocycles. The van der Waals surface area contributed by atoms with Crippen molar-refractivity contribution in [1.29, 1.82) is 0 Å². The third kappa shape index (κ3) is 1.87. The highest BCUT2D eigenvalue weighted by atomic mass is 16.3. The molecule has 0 aliphatic heterocycles. The second-order valence-corrected chi connectivity index (χ2v) is 4.02. The number of carbonyl (C=O) groups is 2. The lowest BCUT2D eigenvalue weighted by molar-refractivity contribution is -0.122. The first-order valence-corrected chi connectivity index (χ1v) is 5.31. The Labute approximate surface area is 88.5 Å². The Morgan fingerprint density at radius 3 is 2.87 bits per heavy atom. The van der Waals surface area contributed by atoms with Crippen molar-refractivity contribution in [2.24, 2.45) is 5.92 Å². The van der Waals surface area contributed by atoms with Gasteiger partial charge in [0, 0.05) is 6.42 Å². The van der Waals surface area contributed by atoms with E-state index in [1.807, 2.05) is 0 Å². The van der Waals surface area contributed by atoms with Crippen LogP contribution >= 0.6 is 0 Å². The largest absolute Gasteiger partial charge is 0.469 e. The Balaban J connectivity index is 2.20. The van der Waals surface area contributed by atoms with E-state index in [1.54, 1.807) is 13.0 Å². The number of hydrogen-bond donors (Lipinski definition) is 0. The third-order valence-corrected chi connectivity index (χ3v) is 3.00. The molecule has 0 radical (unpaired) electrons. The zero-order valence-electron chi connectivity index (χ0n) is 8.79. The van der Waals surface area contributed by atoms with Gasteiger partial charge in [-0.25, -0.2) is 0 Å². The van der Waals surface area contributed by atoms with E-state index >= 15 is 0 Å². The molecule has 3 nitrogen and oxygen atoms in total. The highest BCUT2D eigenvalue weighted by molar-refractivity contribution is 6.11. The van der Waals surface area contributed by atoms with Crippen LogP contribution in [-0.2, 0) is 4.79 Å². The van der Waals surface area contributed by atoms with Crippen LogP contribution in [0.5, 0.6) is 0 Å². The molecule has 1 fully saturated rings. The number of hydrogen-bond acceptors (Lipinski definition) is 3. The van der Waals surface area contributed by atoms with Gasteiger partial charge in [0.15, 0.2) is 5.78 Å². The van der Waals surface area contributed by atoms with Gasteiger partial charge in [-0.05, 0) is 25.8 Å². The van der Waals surface area contributed by atoms with Crippen LogP contribution in [0.3, 0.4) is 0 Å². The van der Waals surface area contributed by atoms with E-state index in [0.29, 0.717) is 24.2 Å². The summed E-state index contributed by atoms with van der Waals surface area (Å²) in [5.74, 6) is 0.214. The van der Waals surface area contributed by atoms with E-state index in [1.165, 1.54) is 6.26 Å². The summed E-state index contributed by atoms with van der Waals surface area (Å²) < 4.78 is 5.08. The van der Waals surface area contributed by atoms with Crippen molar-refractivity contribution in [2.75, 3.05) is 0 Å². The predicted molar refractivity (Wildman–Crippen MR) is 54.7 cm³/mol. The lowest BCUT2D eigenvalue weighted by Crippen LogP contribution is -2.27. The number of ketones is 2. The van der Waals surface area contributed by atoms with Gasteiger partial charge < -0.3 is 4.42 Å². The van der Waals surface area contributed by atoms with Gasteiger partial charge in [0.05, 0.1) is 17.7 Å². The minimum atomic E-state index is -0.421. The van der Waals surface area contributed by atoms with E-state index in [-0.39, 0.29) is 11.6 Å². The zero-order chi connectivity index (χ0) is 10.8. The first kappa shape index (κ1) is 10.1. The fourth-order valence-electron chi connectivity index (χ4n) is 2.09. The van der Waals surface area contributed by atoms with E-state index in [4.69, 9.17) is 4.42 Å². The van der Waals surface area contributed by atoms with Crippen LogP contribution in [0.25, 0.3) is 0 Å². The Hall–Kier alpha value is -1.38. The summed E-state index contributed by atoms with van der Waals surface area (Å²) >= 11 is 0. The lowest BCUT2D eigenvalue weighted by Gasteiger charge is -2.18. The Bertz CT molecular complexity index is 389. The summed E-state index contributed by atoms with van der Waals surface area (Å²) in [5, 5.41) is 0. The van der Waals surface area contributed by atoms with Gasteiger partial charge in [-0.15, -0.1) is 0 Å². The molecule has 1 aromatic heterocycles. The van der Waals surface area contributed by atoms with E-state index in [0.717, 1.165) is 12.8 Å². The minimum absolute atomic E-state index is 0.0639. The first-order chi connectivity index (χ1) is 7.20. The SMILES string of the molecule is Cc1occc1C(=O)C1CCCCC1=O. The molecule has 1 atom stereocenters. The van der Waals surface area contributed by atoms with Crippen molar-refractivity contribution in [3.05, 3.63) is 23.7 Å². The van der Waals surface area contributed by atoms with E-state index < -0.39 is 5.92 Å². The van der Waals surface area contributed by atoms with Gasteiger partial charge in [-0.2, -0.15) is 0 Å². The summed E-state index contributed by atoms with van der Waals surface area (Å²) in [6.45, 7) is 1.75. The molecule has 1 aromatic rings. The molecular formula is C12H14O3. The summed E-state index contributed by atoms with van der Waals surface area (Å²) in [6.07, 6.45) is 4.64. The highest BCUT2D eigenvalue weighted by Gasteiger charge is 2.30. The van der Waals surface area contributed by atoms with Crippen LogP contribution in [0.4, 0.5) is 0 Å². The van der Waals surface area contributed by atoms with E-state index in [2.05, 4.69) is 0 Å². The van der Waals surface area contributed by atoms with Crippen molar-refractivity contribution in [3.63, 3.8) is 0 Å². The molecule has 80 valence electrons.